The predicted octanol–water partition coefficient (Wildman–Crippen LogP) is 1.74. The van der Waals surface area contributed by atoms with Gasteiger partial charge in [0.25, 0.3) is 0 Å². The van der Waals surface area contributed by atoms with Gasteiger partial charge in [0, 0.05) is 19.5 Å². The molecule has 0 aliphatic heterocycles. The molecule has 0 bridgehead atoms. The highest BCUT2D eigenvalue weighted by atomic mass is 16.1. The number of nitrogens with zero attached hydrogens (tertiary/aromatic N) is 1. The summed E-state index contributed by atoms with van der Waals surface area (Å²) in [6.45, 7) is 7.62. The summed E-state index contributed by atoms with van der Waals surface area (Å²) in [7, 11) is 0. The second-order valence-corrected chi connectivity index (χ2v) is 6.07. The van der Waals surface area contributed by atoms with E-state index < -0.39 is 0 Å². The molecule has 0 radical (unpaired) electrons. The van der Waals surface area contributed by atoms with Crippen LogP contribution in [0.5, 0.6) is 0 Å². The molecule has 1 amide bonds. The van der Waals surface area contributed by atoms with E-state index in [1.165, 1.54) is 25.7 Å². The number of amides is 1. The Balaban J connectivity index is 3.44. The summed E-state index contributed by atoms with van der Waals surface area (Å²) in [6, 6.07) is 0. The average molecular weight is 328 g/mol. The van der Waals surface area contributed by atoms with E-state index in [1.54, 1.807) is 0 Å². The quantitative estimate of drug-likeness (QED) is 0.209. The van der Waals surface area contributed by atoms with Gasteiger partial charge in [-0.1, -0.05) is 39.5 Å². The third-order valence-electron chi connectivity index (χ3n) is 3.98. The van der Waals surface area contributed by atoms with E-state index in [0.717, 1.165) is 38.9 Å². The maximum atomic E-state index is 11.8. The Bertz CT molecular complexity index is 316. The van der Waals surface area contributed by atoms with Gasteiger partial charge in [0.2, 0.25) is 5.91 Å². The molecule has 0 aromatic rings. The summed E-state index contributed by atoms with van der Waals surface area (Å²) >= 11 is 0. The number of guanidine groups is 1. The lowest BCUT2D eigenvalue weighted by Gasteiger charge is -2.14. The second kappa shape index (κ2) is 15.6. The molecule has 0 aliphatic carbocycles. The molecule has 0 heterocycles. The minimum atomic E-state index is 0.146. The monoisotopic (exact) mass is 327 g/mol. The smallest absolute Gasteiger partial charge is 0.220 e. The average Bonchev–Trinajstić information content (AvgIpc) is 2.53. The molecule has 0 aliphatic rings. The van der Waals surface area contributed by atoms with Crippen LogP contribution in [-0.2, 0) is 4.79 Å². The zero-order chi connectivity index (χ0) is 17.3. The van der Waals surface area contributed by atoms with E-state index in [0.29, 0.717) is 18.9 Å². The van der Waals surface area contributed by atoms with E-state index >= 15 is 0 Å². The fraction of sp³-hybridized carbons (Fsp3) is 0.882. The minimum Gasteiger partial charge on any atom is -0.370 e. The third-order valence-corrected chi connectivity index (χ3v) is 3.98. The summed E-state index contributed by atoms with van der Waals surface area (Å²) in [6.07, 6.45) is 8.48. The Labute approximate surface area is 141 Å². The van der Waals surface area contributed by atoms with Crippen molar-refractivity contribution in [1.29, 1.82) is 0 Å². The number of carbonyl (C=O) groups is 1. The summed E-state index contributed by atoms with van der Waals surface area (Å²) in [5.74, 6) is 1.04. The Morgan fingerprint density at radius 1 is 1.04 bits per heavy atom. The van der Waals surface area contributed by atoms with Gasteiger partial charge in [0.1, 0.15) is 0 Å². The van der Waals surface area contributed by atoms with Crippen molar-refractivity contribution in [1.82, 2.24) is 10.6 Å². The predicted molar refractivity (Wildman–Crippen MR) is 98.3 cm³/mol. The fourth-order valence-electron chi connectivity index (χ4n) is 2.45. The molecule has 6 nitrogen and oxygen atoms in total. The number of hydrogen-bond donors (Lipinski definition) is 4. The molecule has 0 saturated carbocycles. The van der Waals surface area contributed by atoms with Crippen molar-refractivity contribution >= 4 is 11.9 Å². The van der Waals surface area contributed by atoms with Gasteiger partial charge in [-0.05, 0) is 38.3 Å². The highest BCUT2D eigenvalue weighted by Gasteiger charge is 2.08. The molecule has 0 aromatic heterocycles. The lowest BCUT2D eigenvalue weighted by molar-refractivity contribution is -0.121. The first-order valence-electron chi connectivity index (χ1n) is 9.12. The summed E-state index contributed by atoms with van der Waals surface area (Å²) in [5, 5.41) is 6.31. The molecule has 6 heteroatoms. The zero-order valence-electron chi connectivity index (χ0n) is 15.1. The topological polar surface area (TPSA) is 106 Å². The van der Waals surface area contributed by atoms with E-state index in [-0.39, 0.29) is 11.9 Å². The van der Waals surface area contributed by atoms with E-state index in [9.17, 15) is 4.79 Å². The molecule has 0 fully saturated rings. The number of rotatable bonds is 15. The van der Waals surface area contributed by atoms with Gasteiger partial charge in [-0.3, -0.25) is 9.79 Å². The first-order chi connectivity index (χ1) is 11.1. The number of unbranched alkanes of at least 4 members (excludes halogenated alkanes) is 1. The van der Waals surface area contributed by atoms with Crippen LogP contribution >= 0.6 is 0 Å². The number of nitrogens with two attached hydrogens (primary N) is 2. The summed E-state index contributed by atoms with van der Waals surface area (Å²) < 4.78 is 0. The third kappa shape index (κ3) is 15.4. The lowest BCUT2D eigenvalue weighted by atomic mass is 9.94. The van der Waals surface area contributed by atoms with Crippen molar-refractivity contribution in [2.24, 2.45) is 22.4 Å². The maximum absolute atomic E-state index is 11.8. The van der Waals surface area contributed by atoms with Crippen molar-refractivity contribution in [2.75, 3.05) is 26.2 Å². The van der Waals surface area contributed by atoms with Crippen LogP contribution in [0.3, 0.4) is 0 Å². The summed E-state index contributed by atoms with van der Waals surface area (Å²) in [4.78, 5) is 15.7. The first kappa shape index (κ1) is 21.7. The highest BCUT2D eigenvalue weighted by Crippen LogP contribution is 2.18. The standard InChI is InChI=1S/C17H37N5O/c1-3-5-8-15(4-2)9-10-16(23)21-13-6-11-20-12-7-14-22-17(18)19/h15,20H,3-14H2,1-2H3,(H,21,23)(H4,18,19,22). The normalized spacial score (nSPS) is 11.9. The van der Waals surface area contributed by atoms with Crippen LogP contribution in [0.15, 0.2) is 4.99 Å². The fourth-order valence-corrected chi connectivity index (χ4v) is 2.45. The SMILES string of the molecule is CCCCC(CC)CCC(=O)NCCCNCCCN=C(N)N. The molecule has 0 spiro atoms. The molecule has 0 rings (SSSR count). The molecular formula is C17H37N5O. The summed E-state index contributed by atoms with van der Waals surface area (Å²) in [5.41, 5.74) is 10.5. The maximum Gasteiger partial charge on any atom is 0.220 e. The molecule has 0 saturated heterocycles. The van der Waals surface area contributed by atoms with E-state index in [4.69, 9.17) is 11.5 Å². The Morgan fingerprint density at radius 2 is 1.78 bits per heavy atom. The van der Waals surface area contributed by atoms with Gasteiger partial charge >= 0.3 is 0 Å². The number of carbonyl (C=O) groups excluding carboxylic acids is 1. The van der Waals surface area contributed by atoms with Crippen molar-refractivity contribution in [2.45, 2.75) is 65.2 Å². The van der Waals surface area contributed by atoms with Crippen LogP contribution in [0.2, 0.25) is 0 Å². The Hall–Kier alpha value is -1.30. The van der Waals surface area contributed by atoms with Crippen LogP contribution in [0.1, 0.15) is 65.2 Å². The van der Waals surface area contributed by atoms with Crippen molar-refractivity contribution in [3.63, 3.8) is 0 Å². The largest absolute Gasteiger partial charge is 0.370 e. The molecular weight excluding hydrogens is 290 g/mol. The van der Waals surface area contributed by atoms with Crippen molar-refractivity contribution in [3.8, 4) is 0 Å². The van der Waals surface area contributed by atoms with Gasteiger partial charge in [-0.2, -0.15) is 0 Å². The van der Waals surface area contributed by atoms with Crippen LogP contribution in [0.4, 0.5) is 0 Å². The number of aliphatic imine (C=N–C) groups is 1. The molecule has 6 N–H and O–H groups in total. The molecule has 1 atom stereocenters. The van der Waals surface area contributed by atoms with Gasteiger partial charge in [-0.25, -0.2) is 0 Å². The second-order valence-electron chi connectivity index (χ2n) is 6.07. The van der Waals surface area contributed by atoms with Crippen molar-refractivity contribution < 1.29 is 4.79 Å². The zero-order valence-corrected chi connectivity index (χ0v) is 15.1. The highest BCUT2D eigenvalue weighted by molar-refractivity contribution is 5.76. The minimum absolute atomic E-state index is 0.146. The lowest BCUT2D eigenvalue weighted by Crippen LogP contribution is -2.28. The number of nitrogens with one attached hydrogen (secondary N) is 2. The van der Waals surface area contributed by atoms with Gasteiger partial charge < -0.3 is 22.1 Å². The van der Waals surface area contributed by atoms with Crippen LogP contribution in [0, 0.1) is 5.92 Å². The number of hydrogen-bond acceptors (Lipinski definition) is 3. The van der Waals surface area contributed by atoms with E-state index in [2.05, 4.69) is 29.5 Å². The molecule has 136 valence electrons. The molecule has 1 unspecified atom stereocenters. The van der Waals surface area contributed by atoms with Gasteiger partial charge in [-0.15, -0.1) is 0 Å². The van der Waals surface area contributed by atoms with Gasteiger partial charge in [0.05, 0.1) is 0 Å². The van der Waals surface area contributed by atoms with Crippen LogP contribution in [0.25, 0.3) is 0 Å². The van der Waals surface area contributed by atoms with E-state index in [1.807, 2.05) is 0 Å². The Morgan fingerprint density at radius 3 is 2.43 bits per heavy atom. The van der Waals surface area contributed by atoms with Crippen LogP contribution < -0.4 is 22.1 Å². The van der Waals surface area contributed by atoms with Crippen molar-refractivity contribution in [3.05, 3.63) is 0 Å². The van der Waals surface area contributed by atoms with Gasteiger partial charge in [0.15, 0.2) is 5.96 Å². The molecule has 23 heavy (non-hydrogen) atoms. The van der Waals surface area contributed by atoms with Crippen LogP contribution in [-0.4, -0.2) is 38.0 Å². The first-order valence-corrected chi connectivity index (χ1v) is 9.12. The molecule has 0 aromatic carbocycles. The Kier molecular flexibility index (Phi) is 14.7.